The monoisotopic (exact) mass is 380 g/mol. The minimum atomic E-state index is -0.151. The van der Waals surface area contributed by atoms with Crippen LogP contribution in [0.2, 0.25) is 0 Å². The Bertz CT molecular complexity index is 742. The highest BCUT2D eigenvalue weighted by Gasteiger charge is 2.08. The van der Waals surface area contributed by atoms with Crippen molar-refractivity contribution in [2.45, 2.75) is 4.34 Å². The van der Waals surface area contributed by atoms with E-state index in [0.29, 0.717) is 5.95 Å². The summed E-state index contributed by atoms with van der Waals surface area (Å²) in [7, 11) is 0. The Morgan fingerprint density at radius 3 is 2.81 bits per heavy atom. The van der Waals surface area contributed by atoms with E-state index >= 15 is 0 Å². The summed E-state index contributed by atoms with van der Waals surface area (Å²) < 4.78 is 2.77. The van der Waals surface area contributed by atoms with Crippen LogP contribution in [-0.2, 0) is 4.79 Å². The van der Waals surface area contributed by atoms with Crippen LogP contribution in [0.3, 0.4) is 0 Å². The van der Waals surface area contributed by atoms with Crippen molar-refractivity contribution >= 4 is 61.1 Å². The molecule has 21 heavy (non-hydrogen) atoms. The summed E-state index contributed by atoms with van der Waals surface area (Å²) in [5.41, 5.74) is 0.960. The number of hydrogen-bond donors (Lipinski definition) is 1. The Labute approximate surface area is 137 Å². The number of amides is 1. The molecule has 1 aromatic carbocycles. The summed E-state index contributed by atoms with van der Waals surface area (Å²) in [6, 6.07) is 7.92. The van der Waals surface area contributed by atoms with Crippen LogP contribution in [0.15, 0.2) is 45.5 Å². The number of para-hydroxylation sites is 1. The van der Waals surface area contributed by atoms with Crippen molar-refractivity contribution in [2.24, 2.45) is 0 Å². The number of benzene rings is 1. The molecule has 0 fully saturated rings. The molecular formula is C13H9BrN4OS2. The Hall–Kier alpha value is -1.51. The molecule has 1 amide bonds. The third-order valence-corrected chi connectivity index (χ3v) is 5.06. The highest BCUT2D eigenvalue weighted by atomic mass is 79.9. The van der Waals surface area contributed by atoms with Gasteiger partial charge in [0.2, 0.25) is 11.9 Å². The molecule has 0 radical (unpaired) electrons. The molecule has 8 heteroatoms. The third-order valence-electron chi connectivity index (χ3n) is 2.47. The lowest BCUT2D eigenvalue weighted by atomic mass is 10.3. The van der Waals surface area contributed by atoms with Crippen LogP contribution in [0.25, 0.3) is 10.2 Å². The summed E-state index contributed by atoms with van der Waals surface area (Å²) >= 11 is 6.23. The molecule has 0 aliphatic heterocycles. The molecule has 5 nitrogen and oxygen atoms in total. The van der Waals surface area contributed by atoms with Gasteiger partial charge in [0.1, 0.15) is 0 Å². The average Bonchev–Trinajstić information content (AvgIpc) is 2.90. The van der Waals surface area contributed by atoms with Gasteiger partial charge in [0.25, 0.3) is 0 Å². The molecule has 0 atom stereocenters. The fourth-order valence-electron chi connectivity index (χ4n) is 1.58. The van der Waals surface area contributed by atoms with E-state index in [0.717, 1.165) is 19.0 Å². The van der Waals surface area contributed by atoms with Crippen LogP contribution < -0.4 is 5.32 Å². The van der Waals surface area contributed by atoms with Gasteiger partial charge in [-0.25, -0.2) is 15.0 Å². The van der Waals surface area contributed by atoms with Crippen molar-refractivity contribution in [3.05, 3.63) is 41.1 Å². The van der Waals surface area contributed by atoms with Crippen molar-refractivity contribution in [2.75, 3.05) is 11.1 Å². The summed E-state index contributed by atoms with van der Waals surface area (Å²) in [5, 5.41) is 2.65. The van der Waals surface area contributed by atoms with Gasteiger partial charge in [-0.05, 0) is 28.1 Å². The number of aromatic nitrogens is 3. The highest BCUT2D eigenvalue weighted by Crippen LogP contribution is 2.29. The first-order valence-corrected chi connectivity index (χ1v) is 8.56. The zero-order chi connectivity index (χ0) is 14.7. The lowest BCUT2D eigenvalue weighted by Crippen LogP contribution is -2.15. The molecule has 0 spiro atoms. The molecule has 0 aliphatic rings. The fraction of sp³-hybridized carbons (Fsp3) is 0.0769. The number of rotatable bonds is 4. The van der Waals surface area contributed by atoms with E-state index < -0.39 is 0 Å². The van der Waals surface area contributed by atoms with Gasteiger partial charge in [0.15, 0.2) is 4.34 Å². The standard InChI is InChI=1S/C13H9BrN4OS2/c14-8-5-15-12(16-6-8)18-11(19)7-20-13-17-9-3-1-2-4-10(9)21-13/h1-6H,7H2,(H,15,16,18,19). The zero-order valence-electron chi connectivity index (χ0n) is 10.6. The number of anilines is 1. The Kier molecular flexibility index (Phi) is 4.47. The van der Waals surface area contributed by atoms with Gasteiger partial charge in [-0.15, -0.1) is 11.3 Å². The smallest absolute Gasteiger partial charge is 0.237 e. The van der Waals surface area contributed by atoms with Gasteiger partial charge in [-0.1, -0.05) is 23.9 Å². The topological polar surface area (TPSA) is 67.8 Å². The van der Waals surface area contributed by atoms with Crippen molar-refractivity contribution in [1.29, 1.82) is 0 Å². The van der Waals surface area contributed by atoms with Crippen LogP contribution in [0.4, 0.5) is 5.95 Å². The molecule has 1 N–H and O–H groups in total. The van der Waals surface area contributed by atoms with Gasteiger partial charge in [-0.3, -0.25) is 10.1 Å². The average molecular weight is 381 g/mol. The molecule has 3 rings (SSSR count). The number of hydrogen-bond acceptors (Lipinski definition) is 6. The number of fused-ring (bicyclic) bond motifs is 1. The van der Waals surface area contributed by atoms with Crippen LogP contribution in [0, 0.1) is 0 Å². The van der Waals surface area contributed by atoms with Gasteiger partial charge in [0.05, 0.1) is 20.4 Å². The third kappa shape index (κ3) is 3.78. The molecule has 3 aromatic rings. The Morgan fingerprint density at radius 2 is 2.05 bits per heavy atom. The second-order valence-corrected chi connectivity index (χ2v) is 7.18. The number of thiazole rings is 1. The molecule has 106 valence electrons. The number of halogens is 1. The van der Waals surface area contributed by atoms with Crippen LogP contribution in [0.1, 0.15) is 0 Å². The first-order chi connectivity index (χ1) is 10.2. The highest BCUT2D eigenvalue weighted by molar-refractivity contribution is 9.10. The maximum absolute atomic E-state index is 11.8. The fourth-order valence-corrected chi connectivity index (χ4v) is 3.65. The van der Waals surface area contributed by atoms with E-state index in [9.17, 15) is 4.79 Å². The predicted molar refractivity (Wildman–Crippen MR) is 88.7 cm³/mol. The summed E-state index contributed by atoms with van der Waals surface area (Å²) in [6.45, 7) is 0. The zero-order valence-corrected chi connectivity index (χ0v) is 13.8. The van der Waals surface area contributed by atoms with Gasteiger partial charge in [-0.2, -0.15) is 0 Å². The number of nitrogens with one attached hydrogen (secondary N) is 1. The second kappa shape index (κ2) is 6.50. The quantitative estimate of drug-likeness (QED) is 0.700. The Morgan fingerprint density at radius 1 is 1.29 bits per heavy atom. The second-order valence-electron chi connectivity index (χ2n) is 4.01. The normalized spacial score (nSPS) is 10.7. The summed E-state index contributed by atoms with van der Waals surface area (Å²) in [4.78, 5) is 24.3. The lowest BCUT2D eigenvalue weighted by molar-refractivity contribution is -0.113. The van der Waals surface area contributed by atoms with Gasteiger partial charge < -0.3 is 0 Å². The predicted octanol–water partition coefficient (Wildman–Crippen LogP) is 3.58. The number of carbonyl (C=O) groups is 1. The molecule has 0 bridgehead atoms. The van der Waals surface area contributed by atoms with Crippen molar-refractivity contribution in [3.63, 3.8) is 0 Å². The molecule has 0 aliphatic carbocycles. The summed E-state index contributed by atoms with van der Waals surface area (Å²) in [6.07, 6.45) is 3.17. The van der Waals surface area contributed by atoms with E-state index in [2.05, 4.69) is 36.2 Å². The van der Waals surface area contributed by atoms with Crippen molar-refractivity contribution in [1.82, 2.24) is 15.0 Å². The minimum absolute atomic E-state index is 0.151. The van der Waals surface area contributed by atoms with Crippen LogP contribution >= 0.6 is 39.0 Å². The maximum atomic E-state index is 11.8. The number of thioether (sulfide) groups is 1. The lowest BCUT2D eigenvalue weighted by Gasteiger charge is -2.01. The van der Waals surface area contributed by atoms with Crippen LogP contribution in [0.5, 0.6) is 0 Å². The molecule has 0 unspecified atom stereocenters. The van der Waals surface area contributed by atoms with E-state index in [1.807, 2.05) is 24.3 Å². The van der Waals surface area contributed by atoms with E-state index in [1.165, 1.54) is 11.8 Å². The van der Waals surface area contributed by atoms with Gasteiger partial charge in [0, 0.05) is 12.4 Å². The van der Waals surface area contributed by atoms with E-state index in [1.54, 1.807) is 23.7 Å². The molecule has 0 saturated heterocycles. The largest absolute Gasteiger partial charge is 0.294 e. The first-order valence-electron chi connectivity index (χ1n) is 5.96. The first kappa shape index (κ1) is 14.4. The molecular weight excluding hydrogens is 372 g/mol. The van der Waals surface area contributed by atoms with Crippen LogP contribution in [-0.4, -0.2) is 26.6 Å². The van der Waals surface area contributed by atoms with Gasteiger partial charge >= 0.3 is 0 Å². The van der Waals surface area contributed by atoms with Crippen molar-refractivity contribution in [3.8, 4) is 0 Å². The maximum Gasteiger partial charge on any atom is 0.237 e. The SMILES string of the molecule is O=C(CSc1nc2ccccc2s1)Nc1ncc(Br)cn1. The molecule has 2 aromatic heterocycles. The molecule has 0 saturated carbocycles. The Balaban J connectivity index is 1.59. The number of carbonyl (C=O) groups excluding carboxylic acids is 1. The van der Waals surface area contributed by atoms with Crippen molar-refractivity contribution < 1.29 is 4.79 Å². The minimum Gasteiger partial charge on any atom is -0.294 e. The number of nitrogens with zero attached hydrogens (tertiary/aromatic N) is 3. The van der Waals surface area contributed by atoms with E-state index in [-0.39, 0.29) is 11.7 Å². The van der Waals surface area contributed by atoms with E-state index in [4.69, 9.17) is 0 Å². The summed E-state index contributed by atoms with van der Waals surface area (Å²) in [5.74, 6) is 0.425. The molecule has 2 heterocycles.